The van der Waals surface area contributed by atoms with Crippen LogP contribution in [0.15, 0.2) is 46.1 Å². The molecule has 210 valence electrons. The Kier molecular flexibility index (Phi) is 6.20. The van der Waals surface area contributed by atoms with Gasteiger partial charge < -0.3 is 24.9 Å². The number of fused-ring (bicyclic) bond motifs is 2. The summed E-state index contributed by atoms with van der Waals surface area (Å²) in [5.41, 5.74) is 4.18. The van der Waals surface area contributed by atoms with Gasteiger partial charge in [0.25, 0.3) is 5.56 Å². The van der Waals surface area contributed by atoms with Crippen LogP contribution in [0.3, 0.4) is 0 Å². The van der Waals surface area contributed by atoms with Crippen LogP contribution < -0.4 is 16.6 Å². The standard InChI is InChI=1S/C28H27FN8O4/c1-4-14-10-23(38)18(29)11-17(14)15-5-6-16-20(9-15)33-34-24(16)25-30-19-7-8-37(13-21(19)31-25)27(40)32-22-12-35(2)28(41)36(3)26(22)39/h5-6,9-12,38H,4,7-8,13H2,1-3H3,(H,30,31)(H,32,40)(H,33,34). The second-order valence-electron chi connectivity index (χ2n) is 10.1. The van der Waals surface area contributed by atoms with Crippen molar-refractivity contribution in [1.82, 2.24) is 34.2 Å². The molecule has 0 aliphatic carbocycles. The molecule has 0 radical (unpaired) electrons. The highest BCUT2D eigenvalue weighted by Gasteiger charge is 2.26. The van der Waals surface area contributed by atoms with Gasteiger partial charge in [-0.05, 0) is 47.4 Å². The molecular weight excluding hydrogens is 531 g/mol. The molecule has 0 spiro atoms. The number of H-pyrrole nitrogens is 2. The average molecular weight is 559 g/mol. The van der Waals surface area contributed by atoms with Crippen LogP contribution in [0.1, 0.15) is 23.9 Å². The van der Waals surface area contributed by atoms with Gasteiger partial charge in [0.2, 0.25) is 0 Å². The van der Waals surface area contributed by atoms with Crippen LogP contribution in [-0.4, -0.2) is 51.9 Å². The lowest BCUT2D eigenvalue weighted by atomic mass is 9.96. The van der Waals surface area contributed by atoms with Crippen LogP contribution in [-0.2, 0) is 33.5 Å². The maximum atomic E-state index is 14.1. The smallest absolute Gasteiger partial charge is 0.330 e. The Morgan fingerprint density at radius 2 is 2.00 bits per heavy atom. The summed E-state index contributed by atoms with van der Waals surface area (Å²) in [6.45, 7) is 2.58. The molecule has 5 aromatic rings. The number of hydrogen-bond acceptors (Lipinski definition) is 6. The van der Waals surface area contributed by atoms with E-state index in [1.807, 2.05) is 25.1 Å². The number of halogens is 1. The molecule has 4 N–H and O–H groups in total. The number of urea groups is 1. The predicted octanol–water partition coefficient (Wildman–Crippen LogP) is 3.01. The number of phenols is 1. The van der Waals surface area contributed by atoms with Crippen molar-refractivity contribution < 1.29 is 14.3 Å². The van der Waals surface area contributed by atoms with E-state index < -0.39 is 23.1 Å². The molecule has 13 heteroatoms. The fourth-order valence-corrected chi connectivity index (χ4v) is 5.20. The van der Waals surface area contributed by atoms with Gasteiger partial charge in [0, 0.05) is 38.6 Å². The molecule has 41 heavy (non-hydrogen) atoms. The number of aromatic hydroxyl groups is 1. The predicted molar refractivity (Wildman–Crippen MR) is 150 cm³/mol. The van der Waals surface area contributed by atoms with Gasteiger partial charge >= 0.3 is 11.7 Å². The zero-order chi connectivity index (χ0) is 29.0. The second-order valence-corrected chi connectivity index (χ2v) is 10.1. The molecule has 2 aromatic carbocycles. The SMILES string of the molecule is CCc1cc(O)c(F)cc1-c1ccc2c(-c3nc4c([nH]3)CN(C(=O)Nc3cn(C)c(=O)n(C)c3=O)CC4)n[nH]c2c1. The summed E-state index contributed by atoms with van der Waals surface area (Å²) in [6, 6.07) is 7.98. The lowest BCUT2D eigenvalue weighted by Crippen LogP contribution is -2.42. The maximum Gasteiger partial charge on any atom is 0.330 e. The van der Waals surface area contributed by atoms with E-state index >= 15 is 0 Å². The third-order valence-corrected chi connectivity index (χ3v) is 7.46. The first-order chi connectivity index (χ1) is 19.6. The first kappa shape index (κ1) is 26.0. The molecule has 0 saturated heterocycles. The molecule has 0 saturated carbocycles. The van der Waals surface area contributed by atoms with Gasteiger partial charge in [-0.15, -0.1) is 0 Å². The van der Waals surface area contributed by atoms with E-state index in [1.54, 1.807) is 4.90 Å². The van der Waals surface area contributed by atoms with Crippen molar-refractivity contribution in [2.75, 3.05) is 11.9 Å². The normalized spacial score (nSPS) is 13.0. The monoisotopic (exact) mass is 558 g/mol. The Morgan fingerprint density at radius 1 is 1.20 bits per heavy atom. The van der Waals surface area contributed by atoms with Crippen molar-refractivity contribution in [2.45, 2.75) is 26.3 Å². The number of hydrogen-bond donors (Lipinski definition) is 4. The number of phenolic OH excluding ortho intramolecular Hbond substituents is 1. The van der Waals surface area contributed by atoms with E-state index in [4.69, 9.17) is 4.98 Å². The second kappa shape index (κ2) is 9.77. The lowest BCUT2D eigenvalue weighted by molar-refractivity contribution is 0.205. The van der Waals surface area contributed by atoms with Crippen molar-refractivity contribution in [1.29, 1.82) is 0 Å². The maximum absolute atomic E-state index is 14.1. The number of rotatable bonds is 4. The summed E-state index contributed by atoms with van der Waals surface area (Å²) >= 11 is 0. The number of amides is 2. The molecule has 1 aliphatic rings. The topological polar surface area (TPSA) is 154 Å². The minimum Gasteiger partial charge on any atom is -0.505 e. The van der Waals surface area contributed by atoms with Crippen LogP contribution in [0.4, 0.5) is 14.9 Å². The molecule has 2 amide bonds. The van der Waals surface area contributed by atoms with Crippen molar-refractivity contribution >= 4 is 22.6 Å². The van der Waals surface area contributed by atoms with Crippen molar-refractivity contribution in [3.05, 3.63) is 80.1 Å². The Balaban J connectivity index is 1.25. The molecule has 4 heterocycles. The number of nitrogens with one attached hydrogen (secondary N) is 3. The molecule has 0 bridgehead atoms. The van der Waals surface area contributed by atoms with E-state index in [0.717, 1.165) is 38.0 Å². The zero-order valence-electron chi connectivity index (χ0n) is 22.6. The fraction of sp³-hybridized carbons (Fsp3) is 0.250. The van der Waals surface area contributed by atoms with Gasteiger partial charge in [0.1, 0.15) is 11.4 Å². The number of benzene rings is 2. The minimum absolute atomic E-state index is 0.0131. The Hall–Kier alpha value is -5.20. The van der Waals surface area contributed by atoms with Gasteiger partial charge in [-0.1, -0.05) is 13.0 Å². The number of aryl methyl sites for hydroxylation is 2. The van der Waals surface area contributed by atoms with Gasteiger partial charge in [-0.2, -0.15) is 5.10 Å². The Bertz CT molecular complexity index is 1970. The molecule has 0 fully saturated rings. The minimum atomic E-state index is -0.677. The lowest BCUT2D eigenvalue weighted by Gasteiger charge is -2.26. The number of carbonyl (C=O) groups is 1. The first-order valence-electron chi connectivity index (χ1n) is 13.0. The quantitative estimate of drug-likeness (QED) is 0.266. The highest BCUT2D eigenvalue weighted by Crippen LogP contribution is 2.34. The number of aromatic amines is 2. The molecule has 0 atom stereocenters. The largest absolute Gasteiger partial charge is 0.505 e. The van der Waals surface area contributed by atoms with Gasteiger partial charge in [0.15, 0.2) is 17.4 Å². The fourth-order valence-electron chi connectivity index (χ4n) is 5.20. The third-order valence-electron chi connectivity index (χ3n) is 7.46. The van der Waals surface area contributed by atoms with Crippen LogP contribution in [0.25, 0.3) is 33.5 Å². The number of imidazole rings is 1. The van der Waals surface area contributed by atoms with Gasteiger partial charge in [0.05, 0.1) is 23.4 Å². The Morgan fingerprint density at radius 3 is 2.78 bits per heavy atom. The van der Waals surface area contributed by atoms with E-state index in [-0.39, 0.29) is 18.0 Å². The van der Waals surface area contributed by atoms with E-state index in [9.17, 15) is 23.9 Å². The van der Waals surface area contributed by atoms with Gasteiger partial charge in [-0.3, -0.25) is 14.5 Å². The third kappa shape index (κ3) is 4.44. The summed E-state index contributed by atoms with van der Waals surface area (Å²) in [5, 5.41) is 20.7. The molecule has 0 unspecified atom stereocenters. The summed E-state index contributed by atoms with van der Waals surface area (Å²) in [4.78, 5) is 46.9. The van der Waals surface area contributed by atoms with E-state index in [2.05, 4.69) is 20.5 Å². The van der Waals surface area contributed by atoms with Gasteiger partial charge in [-0.25, -0.2) is 19.0 Å². The number of nitrogens with zero attached hydrogens (tertiary/aromatic N) is 5. The highest BCUT2D eigenvalue weighted by molar-refractivity contribution is 5.94. The van der Waals surface area contributed by atoms with Crippen LogP contribution >= 0.6 is 0 Å². The summed E-state index contributed by atoms with van der Waals surface area (Å²) < 4.78 is 16.3. The number of aromatic nitrogens is 6. The zero-order valence-corrected chi connectivity index (χ0v) is 22.6. The summed E-state index contributed by atoms with van der Waals surface area (Å²) in [6.07, 6.45) is 2.44. The molecule has 12 nitrogen and oxygen atoms in total. The average Bonchev–Trinajstić information content (AvgIpc) is 3.59. The number of carbonyl (C=O) groups excluding carboxylic acids is 1. The number of anilines is 1. The summed E-state index contributed by atoms with van der Waals surface area (Å²) in [5.74, 6) is -0.499. The van der Waals surface area contributed by atoms with Crippen LogP contribution in [0, 0.1) is 5.82 Å². The van der Waals surface area contributed by atoms with Crippen molar-refractivity contribution in [3.63, 3.8) is 0 Å². The molecule has 6 rings (SSSR count). The van der Waals surface area contributed by atoms with Crippen LogP contribution in [0.2, 0.25) is 0 Å². The first-order valence-corrected chi connectivity index (χ1v) is 13.0. The molecule has 3 aromatic heterocycles. The van der Waals surface area contributed by atoms with Crippen molar-refractivity contribution in [2.24, 2.45) is 14.1 Å². The van der Waals surface area contributed by atoms with E-state index in [1.165, 1.54) is 37.0 Å². The van der Waals surface area contributed by atoms with Crippen molar-refractivity contribution in [3.8, 4) is 28.4 Å². The highest BCUT2D eigenvalue weighted by atomic mass is 19.1. The van der Waals surface area contributed by atoms with E-state index in [0.29, 0.717) is 36.5 Å². The summed E-state index contributed by atoms with van der Waals surface area (Å²) in [7, 11) is 2.86. The molecular formula is C28H27FN8O4. The van der Waals surface area contributed by atoms with Crippen LogP contribution in [0.5, 0.6) is 5.75 Å². The Labute approximate surface area is 232 Å². The molecule has 1 aliphatic heterocycles.